The molecule has 168 valence electrons. The predicted octanol–water partition coefficient (Wildman–Crippen LogP) is 3.06. The quantitative estimate of drug-likeness (QED) is 0.593. The highest BCUT2D eigenvalue weighted by molar-refractivity contribution is 5.92. The number of hydrogen-bond donors (Lipinski definition) is 2. The van der Waals surface area contributed by atoms with Gasteiger partial charge in [-0.05, 0) is 41.7 Å². The van der Waals surface area contributed by atoms with Gasteiger partial charge in [0.2, 0.25) is 0 Å². The summed E-state index contributed by atoms with van der Waals surface area (Å²) in [7, 11) is 0. The minimum atomic E-state index is -0.634. The second kappa shape index (κ2) is 10.0. The van der Waals surface area contributed by atoms with E-state index in [-0.39, 0.29) is 12.5 Å². The molecule has 1 aromatic heterocycles. The Hall–Kier alpha value is -3.10. The Morgan fingerprint density at radius 3 is 2.56 bits per heavy atom. The molecule has 2 aromatic carbocycles. The fraction of sp³-hybridized carbons (Fsp3) is 0.333. The summed E-state index contributed by atoms with van der Waals surface area (Å²) in [6.07, 6.45) is 4.82. The fourth-order valence-electron chi connectivity index (χ4n) is 4.17. The SMILES string of the molecule is O=C(c1cncn1Cc1ccccc1-c1cc(F)cc(F)c1)N1CCC(NCCO)CC1. The highest BCUT2D eigenvalue weighted by Crippen LogP contribution is 2.26. The molecule has 0 unspecified atom stereocenters. The minimum Gasteiger partial charge on any atom is -0.395 e. The van der Waals surface area contributed by atoms with E-state index in [4.69, 9.17) is 5.11 Å². The van der Waals surface area contributed by atoms with Crippen LogP contribution in [0.2, 0.25) is 0 Å². The smallest absolute Gasteiger partial charge is 0.272 e. The predicted molar refractivity (Wildman–Crippen MR) is 117 cm³/mol. The maximum Gasteiger partial charge on any atom is 0.272 e. The van der Waals surface area contributed by atoms with E-state index in [1.807, 2.05) is 29.2 Å². The summed E-state index contributed by atoms with van der Waals surface area (Å²) >= 11 is 0. The summed E-state index contributed by atoms with van der Waals surface area (Å²) in [5.74, 6) is -1.35. The molecule has 1 aliphatic rings. The monoisotopic (exact) mass is 440 g/mol. The average Bonchev–Trinajstić information content (AvgIpc) is 3.25. The molecule has 1 amide bonds. The lowest BCUT2D eigenvalue weighted by molar-refractivity contribution is 0.0693. The summed E-state index contributed by atoms with van der Waals surface area (Å²) in [5.41, 5.74) is 2.46. The third kappa shape index (κ3) is 5.03. The van der Waals surface area contributed by atoms with Crippen LogP contribution in [0.25, 0.3) is 11.1 Å². The van der Waals surface area contributed by atoms with Gasteiger partial charge in [-0.2, -0.15) is 0 Å². The number of piperidine rings is 1. The number of carbonyl (C=O) groups is 1. The minimum absolute atomic E-state index is 0.0858. The molecule has 8 heteroatoms. The number of nitrogens with zero attached hydrogens (tertiary/aromatic N) is 3. The molecule has 0 bridgehead atoms. The zero-order valence-corrected chi connectivity index (χ0v) is 17.7. The van der Waals surface area contributed by atoms with Crippen LogP contribution in [0.3, 0.4) is 0 Å². The number of carbonyl (C=O) groups excluding carboxylic acids is 1. The molecular weight excluding hydrogens is 414 g/mol. The van der Waals surface area contributed by atoms with Crippen LogP contribution in [0.4, 0.5) is 8.78 Å². The van der Waals surface area contributed by atoms with Crippen LogP contribution in [0.5, 0.6) is 0 Å². The van der Waals surface area contributed by atoms with Crippen molar-refractivity contribution in [2.75, 3.05) is 26.2 Å². The average molecular weight is 440 g/mol. The first kappa shape index (κ1) is 22.1. The van der Waals surface area contributed by atoms with Crippen molar-refractivity contribution in [3.63, 3.8) is 0 Å². The summed E-state index contributed by atoms with van der Waals surface area (Å²) in [5, 5.41) is 12.2. The third-order valence-electron chi connectivity index (χ3n) is 5.79. The van der Waals surface area contributed by atoms with Gasteiger partial charge in [-0.3, -0.25) is 4.79 Å². The third-order valence-corrected chi connectivity index (χ3v) is 5.79. The molecule has 0 spiro atoms. The van der Waals surface area contributed by atoms with Crippen LogP contribution < -0.4 is 5.32 Å². The van der Waals surface area contributed by atoms with E-state index in [9.17, 15) is 13.6 Å². The van der Waals surface area contributed by atoms with Gasteiger partial charge in [0.1, 0.15) is 17.3 Å². The van der Waals surface area contributed by atoms with E-state index in [1.165, 1.54) is 12.1 Å². The number of benzene rings is 2. The Morgan fingerprint density at radius 1 is 1.12 bits per heavy atom. The Bertz CT molecular complexity index is 1060. The van der Waals surface area contributed by atoms with Gasteiger partial charge in [-0.15, -0.1) is 0 Å². The molecule has 32 heavy (non-hydrogen) atoms. The van der Waals surface area contributed by atoms with E-state index in [2.05, 4.69) is 10.3 Å². The van der Waals surface area contributed by atoms with Gasteiger partial charge in [0.05, 0.1) is 19.1 Å². The van der Waals surface area contributed by atoms with Crippen LogP contribution in [-0.4, -0.2) is 57.7 Å². The number of imidazole rings is 1. The van der Waals surface area contributed by atoms with Gasteiger partial charge in [-0.25, -0.2) is 13.8 Å². The molecule has 4 rings (SSSR count). The number of amides is 1. The van der Waals surface area contributed by atoms with Gasteiger partial charge in [0, 0.05) is 38.3 Å². The van der Waals surface area contributed by atoms with E-state index in [0.29, 0.717) is 49.0 Å². The lowest BCUT2D eigenvalue weighted by Crippen LogP contribution is -2.45. The van der Waals surface area contributed by atoms with Crippen molar-refractivity contribution < 1.29 is 18.7 Å². The van der Waals surface area contributed by atoms with Crippen LogP contribution in [-0.2, 0) is 6.54 Å². The maximum atomic E-state index is 13.8. The van der Waals surface area contributed by atoms with Crippen molar-refractivity contribution >= 4 is 5.91 Å². The first-order chi connectivity index (χ1) is 15.5. The molecule has 0 radical (unpaired) electrons. The fourth-order valence-corrected chi connectivity index (χ4v) is 4.17. The summed E-state index contributed by atoms with van der Waals surface area (Å²) in [6.45, 7) is 2.27. The number of nitrogens with one attached hydrogen (secondary N) is 1. The Balaban J connectivity index is 1.51. The summed E-state index contributed by atoms with van der Waals surface area (Å²) in [6, 6.07) is 11.1. The van der Waals surface area contributed by atoms with E-state index >= 15 is 0 Å². The summed E-state index contributed by atoms with van der Waals surface area (Å²) < 4.78 is 29.3. The van der Waals surface area contributed by atoms with E-state index in [0.717, 1.165) is 24.5 Å². The van der Waals surface area contributed by atoms with Crippen LogP contribution in [0.1, 0.15) is 28.9 Å². The Kier molecular flexibility index (Phi) is 6.92. The van der Waals surface area contributed by atoms with Crippen molar-refractivity contribution in [2.45, 2.75) is 25.4 Å². The van der Waals surface area contributed by atoms with Gasteiger partial charge in [0.15, 0.2) is 0 Å². The van der Waals surface area contributed by atoms with E-state index in [1.54, 1.807) is 17.1 Å². The first-order valence-electron chi connectivity index (χ1n) is 10.7. The Morgan fingerprint density at radius 2 is 1.84 bits per heavy atom. The van der Waals surface area contributed by atoms with Gasteiger partial charge in [-0.1, -0.05) is 24.3 Å². The highest BCUT2D eigenvalue weighted by Gasteiger charge is 2.25. The molecule has 2 heterocycles. The van der Waals surface area contributed by atoms with Crippen molar-refractivity contribution in [1.82, 2.24) is 19.8 Å². The number of aliphatic hydroxyl groups excluding tert-OH is 1. The van der Waals surface area contributed by atoms with Crippen molar-refractivity contribution in [3.8, 4) is 11.1 Å². The molecule has 3 aromatic rings. The lowest BCUT2D eigenvalue weighted by atomic mass is 9.99. The molecule has 2 N–H and O–H groups in total. The number of aliphatic hydroxyl groups is 1. The molecule has 1 aliphatic heterocycles. The number of halogens is 2. The highest BCUT2D eigenvalue weighted by atomic mass is 19.1. The summed E-state index contributed by atoms with van der Waals surface area (Å²) in [4.78, 5) is 19.1. The molecule has 1 fully saturated rings. The zero-order chi connectivity index (χ0) is 22.5. The van der Waals surface area contributed by atoms with Crippen LogP contribution >= 0.6 is 0 Å². The van der Waals surface area contributed by atoms with Crippen LogP contribution in [0.15, 0.2) is 55.0 Å². The largest absolute Gasteiger partial charge is 0.395 e. The first-order valence-corrected chi connectivity index (χ1v) is 10.7. The van der Waals surface area contributed by atoms with Crippen molar-refractivity contribution in [2.24, 2.45) is 0 Å². The second-order valence-corrected chi connectivity index (χ2v) is 7.97. The molecule has 0 saturated carbocycles. The number of likely N-dealkylation sites (tertiary alicyclic amines) is 1. The standard InChI is InChI=1S/C24H26F2N4O2/c25-19-11-18(12-20(26)13-19)22-4-2-1-3-17(22)15-30-16-27-14-23(30)24(32)29-8-5-21(6-9-29)28-7-10-31/h1-4,11-14,16,21,28,31H,5-10,15H2. The van der Waals surface area contributed by atoms with Crippen molar-refractivity contribution in [3.05, 3.63) is 77.9 Å². The molecular formula is C24H26F2N4O2. The second-order valence-electron chi connectivity index (χ2n) is 7.97. The molecule has 6 nitrogen and oxygen atoms in total. The number of hydrogen-bond acceptors (Lipinski definition) is 4. The lowest BCUT2D eigenvalue weighted by Gasteiger charge is -2.32. The molecule has 0 aliphatic carbocycles. The zero-order valence-electron chi connectivity index (χ0n) is 17.7. The number of rotatable bonds is 7. The van der Waals surface area contributed by atoms with Gasteiger partial charge in [0.25, 0.3) is 5.91 Å². The Labute approximate surface area is 185 Å². The van der Waals surface area contributed by atoms with Crippen molar-refractivity contribution in [1.29, 1.82) is 0 Å². The topological polar surface area (TPSA) is 70.4 Å². The molecule has 1 saturated heterocycles. The molecule has 0 atom stereocenters. The van der Waals surface area contributed by atoms with Gasteiger partial charge < -0.3 is 19.9 Å². The van der Waals surface area contributed by atoms with Gasteiger partial charge >= 0.3 is 0 Å². The van der Waals surface area contributed by atoms with E-state index < -0.39 is 11.6 Å². The normalized spacial score (nSPS) is 14.7. The van der Waals surface area contributed by atoms with Crippen LogP contribution in [0, 0.1) is 11.6 Å². The number of aromatic nitrogens is 2. The maximum absolute atomic E-state index is 13.8.